The standard InChI is InChI=1S/C19H15N3O3/c20-18(24)16-9-11-5-1-4-8-15(11)22(16)19(25)17(23)13-10-21-14-7-3-2-6-12(13)14/h1-8,10,16,21H,9H2,(H2,20,24). The lowest BCUT2D eigenvalue weighted by Gasteiger charge is -2.22. The molecule has 1 unspecified atom stereocenters. The van der Waals surface area contributed by atoms with Gasteiger partial charge in [-0.3, -0.25) is 19.3 Å². The number of nitrogens with two attached hydrogens (primary N) is 1. The van der Waals surface area contributed by atoms with E-state index >= 15 is 0 Å². The van der Waals surface area contributed by atoms with Gasteiger partial charge in [0, 0.05) is 29.2 Å². The lowest BCUT2D eigenvalue weighted by atomic mass is 10.1. The highest BCUT2D eigenvalue weighted by atomic mass is 16.2. The second-order valence-corrected chi connectivity index (χ2v) is 6.00. The quantitative estimate of drug-likeness (QED) is 0.565. The average molecular weight is 333 g/mol. The lowest BCUT2D eigenvalue weighted by Crippen LogP contribution is -2.48. The third-order valence-electron chi connectivity index (χ3n) is 4.55. The summed E-state index contributed by atoms with van der Waals surface area (Å²) in [6.45, 7) is 0. The van der Waals surface area contributed by atoms with Gasteiger partial charge in [-0.1, -0.05) is 36.4 Å². The van der Waals surface area contributed by atoms with Crippen LogP contribution in [0.25, 0.3) is 10.9 Å². The Labute approximate surface area is 143 Å². The molecule has 4 rings (SSSR count). The molecule has 25 heavy (non-hydrogen) atoms. The van der Waals surface area contributed by atoms with E-state index in [1.54, 1.807) is 24.3 Å². The molecule has 1 aromatic heterocycles. The number of nitrogens with one attached hydrogen (secondary N) is 1. The summed E-state index contributed by atoms with van der Waals surface area (Å²) in [5.74, 6) is -2.05. The number of ketones is 1. The minimum atomic E-state index is -0.848. The van der Waals surface area contributed by atoms with E-state index in [9.17, 15) is 14.4 Å². The van der Waals surface area contributed by atoms with Crippen molar-refractivity contribution in [1.29, 1.82) is 0 Å². The summed E-state index contributed by atoms with van der Waals surface area (Å²) >= 11 is 0. The van der Waals surface area contributed by atoms with Gasteiger partial charge in [0.1, 0.15) is 6.04 Å². The molecule has 1 atom stereocenters. The van der Waals surface area contributed by atoms with E-state index in [1.807, 2.05) is 24.3 Å². The smallest absolute Gasteiger partial charge is 0.300 e. The van der Waals surface area contributed by atoms with Gasteiger partial charge >= 0.3 is 0 Å². The normalized spacial score (nSPS) is 16.0. The van der Waals surface area contributed by atoms with E-state index in [1.165, 1.54) is 11.1 Å². The Hall–Kier alpha value is -3.41. The summed E-state index contributed by atoms with van der Waals surface area (Å²) in [5.41, 5.74) is 7.91. The zero-order chi connectivity index (χ0) is 17.6. The zero-order valence-electron chi connectivity index (χ0n) is 13.2. The monoisotopic (exact) mass is 333 g/mol. The summed E-state index contributed by atoms with van der Waals surface area (Å²) in [6.07, 6.45) is 1.84. The number of hydrogen-bond acceptors (Lipinski definition) is 3. The number of fused-ring (bicyclic) bond motifs is 2. The number of benzene rings is 2. The van der Waals surface area contributed by atoms with Crippen LogP contribution in [0.2, 0.25) is 0 Å². The largest absolute Gasteiger partial charge is 0.368 e. The Bertz CT molecular complexity index is 1020. The Morgan fingerprint density at radius 1 is 1.04 bits per heavy atom. The van der Waals surface area contributed by atoms with Crippen LogP contribution in [-0.2, 0) is 16.0 Å². The van der Waals surface area contributed by atoms with Crippen molar-refractivity contribution in [1.82, 2.24) is 4.98 Å². The maximum atomic E-state index is 12.9. The molecule has 3 N–H and O–H groups in total. The van der Waals surface area contributed by atoms with Crippen molar-refractivity contribution in [3.05, 3.63) is 65.9 Å². The van der Waals surface area contributed by atoms with Crippen molar-refractivity contribution in [2.24, 2.45) is 5.73 Å². The van der Waals surface area contributed by atoms with E-state index in [2.05, 4.69) is 4.98 Å². The topological polar surface area (TPSA) is 96.3 Å². The minimum Gasteiger partial charge on any atom is -0.368 e. The molecule has 0 bridgehead atoms. The minimum absolute atomic E-state index is 0.285. The number of carbonyl (C=O) groups excluding carboxylic acids is 3. The number of aromatic nitrogens is 1. The maximum absolute atomic E-state index is 12.9. The number of H-pyrrole nitrogens is 1. The predicted molar refractivity (Wildman–Crippen MR) is 93.2 cm³/mol. The number of Topliss-reactive ketones (excluding diaryl/α,β-unsaturated/α-hetero) is 1. The summed E-state index contributed by atoms with van der Waals surface area (Å²) in [4.78, 5) is 41.8. The second kappa shape index (κ2) is 5.59. The number of nitrogens with zero attached hydrogens (tertiary/aromatic N) is 1. The highest BCUT2D eigenvalue weighted by Crippen LogP contribution is 2.33. The van der Waals surface area contributed by atoms with Gasteiger partial charge in [-0.15, -0.1) is 0 Å². The van der Waals surface area contributed by atoms with Crippen LogP contribution >= 0.6 is 0 Å². The number of amides is 2. The molecular weight excluding hydrogens is 318 g/mol. The first-order valence-corrected chi connectivity index (χ1v) is 7.89. The van der Waals surface area contributed by atoms with Crippen molar-refractivity contribution < 1.29 is 14.4 Å². The van der Waals surface area contributed by atoms with Gasteiger partial charge in [0.15, 0.2) is 0 Å². The van der Waals surface area contributed by atoms with Crippen LogP contribution < -0.4 is 10.6 Å². The SMILES string of the molecule is NC(=O)C1Cc2ccccc2N1C(=O)C(=O)c1c[nH]c2ccccc12. The molecule has 0 fully saturated rings. The number of hydrogen-bond donors (Lipinski definition) is 2. The Morgan fingerprint density at radius 3 is 2.56 bits per heavy atom. The molecule has 6 heteroatoms. The fourth-order valence-corrected chi connectivity index (χ4v) is 3.35. The number of carbonyl (C=O) groups is 3. The molecule has 1 aliphatic rings. The molecule has 1 aliphatic heterocycles. The first-order valence-electron chi connectivity index (χ1n) is 7.89. The van der Waals surface area contributed by atoms with Crippen LogP contribution in [0.5, 0.6) is 0 Å². The Balaban J connectivity index is 1.76. The van der Waals surface area contributed by atoms with Crippen molar-refractivity contribution in [2.75, 3.05) is 4.90 Å². The third-order valence-corrected chi connectivity index (χ3v) is 4.55. The van der Waals surface area contributed by atoms with Crippen LogP contribution in [-0.4, -0.2) is 28.6 Å². The van der Waals surface area contributed by atoms with Crippen LogP contribution in [0.1, 0.15) is 15.9 Å². The maximum Gasteiger partial charge on any atom is 0.300 e. The zero-order valence-corrected chi connectivity index (χ0v) is 13.2. The van der Waals surface area contributed by atoms with Crippen LogP contribution in [0, 0.1) is 0 Å². The first kappa shape index (κ1) is 15.1. The summed E-state index contributed by atoms with van der Waals surface area (Å²) in [5, 5.41) is 0.670. The van der Waals surface area contributed by atoms with Crippen LogP contribution in [0.15, 0.2) is 54.7 Å². The number of primary amides is 1. The molecule has 3 aromatic rings. The molecule has 0 aliphatic carbocycles. The first-order chi connectivity index (χ1) is 12.1. The Morgan fingerprint density at radius 2 is 1.76 bits per heavy atom. The van der Waals surface area contributed by atoms with Crippen LogP contribution in [0.4, 0.5) is 5.69 Å². The van der Waals surface area contributed by atoms with E-state index in [-0.39, 0.29) is 5.56 Å². The second-order valence-electron chi connectivity index (χ2n) is 6.00. The molecule has 0 spiro atoms. The van der Waals surface area contributed by atoms with E-state index in [4.69, 9.17) is 5.73 Å². The average Bonchev–Trinajstić information content (AvgIpc) is 3.22. The van der Waals surface area contributed by atoms with Crippen LogP contribution in [0.3, 0.4) is 0 Å². The number of aromatic amines is 1. The van der Waals surface area contributed by atoms with Gasteiger partial charge in [-0.25, -0.2) is 0 Å². The summed E-state index contributed by atoms with van der Waals surface area (Å²) in [6, 6.07) is 13.5. The molecular formula is C19H15N3O3. The van der Waals surface area contributed by atoms with Gasteiger partial charge in [0.05, 0.1) is 5.56 Å². The van der Waals surface area contributed by atoms with Gasteiger partial charge in [0.25, 0.3) is 11.7 Å². The highest BCUT2D eigenvalue weighted by Gasteiger charge is 2.40. The van der Waals surface area contributed by atoms with E-state index in [0.717, 1.165) is 11.1 Å². The van der Waals surface area contributed by atoms with E-state index < -0.39 is 23.6 Å². The molecule has 2 aromatic carbocycles. The van der Waals surface area contributed by atoms with Gasteiger partial charge in [-0.2, -0.15) is 0 Å². The molecule has 0 saturated heterocycles. The number of rotatable bonds is 3. The van der Waals surface area contributed by atoms with Gasteiger partial charge in [-0.05, 0) is 17.7 Å². The molecule has 124 valence electrons. The Kier molecular flexibility index (Phi) is 3.39. The molecule has 2 heterocycles. The van der Waals surface area contributed by atoms with Gasteiger partial charge < -0.3 is 10.7 Å². The van der Waals surface area contributed by atoms with Crippen molar-refractivity contribution in [3.8, 4) is 0 Å². The number of para-hydroxylation sites is 2. The molecule has 2 amide bonds. The lowest BCUT2D eigenvalue weighted by molar-refractivity contribution is -0.122. The molecule has 6 nitrogen and oxygen atoms in total. The fraction of sp³-hybridized carbons (Fsp3) is 0.105. The summed E-state index contributed by atoms with van der Waals surface area (Å²) in [7, 11) is 0. The molecule has 0 saturated carbocycles. The van der Waals surface area contributed by atoms with Crippen molar-refractivity contribution >= 4 is 34.2 Å². The van der Waals surface area contributed by atoms with Crippen molar-refractivity contribution in [2.45, 2.75) is 12.5 Å². The van der Waals surface area contributed by atoms with Crippen molar-refractivity contribution in [3.63, 3.8) is 0 Å². The predicted octanol–water partition coefficient (Wildman–Crippen LogP) is 1.79. The third kappa shape index (κ3) is 2.30. The highest BCUT2D eigenvalue weighted by molar-refractivity contribution is 6.49. The molecule has 0 radical (unpaired) electrons. The van der Waals surface area contributed by atoms with E-state index in [0.29, 0.717) is 17.5 Å². The summed E-state index contributed by atoms with van der Waals surface area (Å²) < 4.78 is 0. The number of anilines is 1. The van der Waals surface area contributed by atoms with Gasteiger partial charge in [0.2, 0.25) is 5.91 Å². The fourth-order valence-electron chi connectivity index (χ4n) is 3.35.